The molecule has 2 aromatic rings. The second kappa shape index (κ2) is 10.2. The number of amides is 1. The number of hydrazine groups is 1. The highest BCUT2D eigenvalue weighted by Gasteiger charge is 2.31. The monoisotopic (exact) mass is 445 g/mol. The Balaban J connectivity index is 1.73. The molecule has 0 aliphatic carbocycles. The summed E-state index contributed by atoms with van der Waals surface area (Å²) >= 11 is 0. The molecule has 0 fully saturated rings. The molecule has 0 unspecified atom stereocenters. The first-order chi connectivity index (χ1) is 14.9. The van der Waals surface area contributed by atoms with E-state index in [1.54, 1.807) is 25.1 Å². The number of hydrogen-bond donors (Lipinski definition) is 3. The van der Waals surface area contributed by atoms with E-state index in [-0.39, 0.29) is 11.6 Å². The fourth-order valence-corrected chi connectivity index (χ4v) is 4.17. The van der Waals surface area contributed by atoms with Crippen molar-refractivity contribution in [1.82, 2.24) is 15.4 Å². The second-order valence-electron chi connectivity index (χ2n) is 7.29. The van der Waals surface area contributed by atoms with Crippen molar-refractivity contribution < 1.29 is 13.8 Å². The van der Waals surface area contributed by atoms with E-state index in [2.05, 4.69) is 20.7 Å². The lowest BCUT2D eigenvalue weighted by molar-refractivity contribution is -0.120. The molecule has 0 spiro atoms. The van der Waals surface area contributed by atoms with Gasteiger partial charge >= 0.3 is 0 Å². The summed E-state index contributed by atoms with van der Waals surface area (Å²) in [5.74, 6) is 0.0445. The summed E-state index contributed by atoms with van der Waals surface area (Å²) < 4.78 is 11.4. The summed E-state index contributed by atoms with van der Waals surface area (Å²) in [6.45, 7) is 9.25. The lowest BCUT2D eigenvalue weighted by Gasteiger charge is -2.25. The second-order valence-corrected chi connectivity index (χ2v) is 8.83. The smallest absolute Gasteiger partial charge is 0.276 e. The Morgan fingerprint density at radius 1 is 1.23 bits per heavy atom. The van der Waals surface area contributed by atoms with E-state index in [0.29, 0.717) is 25.7 Å². The summed E-state index contributed by atoms with van der Waals surface area (Å²) in [5, 5.41) is 5.25. The van der Waals surface area contributed by atoms with Crippen molar-refractivity contribution in [3.05, 3.63) is 58.7 Å². The molecule has 0 radical (unpaired) electrons. The number of hydrogen-bond acceptors (Lipinski definition) is 7. The van der Waals surface area contributed by atoms with Gasteiger partial charge < -0.3 is 14.4 Å². The molecule has 31 heavy (non-hydrogen) atoms. The van der Waals surface area contributed by atoms with Crippen LogP contribution in [-0.2, 0) is 19.3 Å². The van der Waals surface area contributed by atoms with Crippen LogP contribution in [-0.4, -0.2) is 35.6 Å². The Morgan fingerprint density at radius 2 is 1.90 bits per heavy atom. The number of rotatable bonds is 9. The van der Waals surface area contributed by atoms with Crippen molar-refractivity contribution in [3.8, 4) is 0 Å². The van der Waals surface area contributed by atoms with Crippen molar-refractivity contribution in [2.24, 2.45) is 0 Å². The maximum Gasteiger partial charge on any atom is 0.276 e. The van der Waals surface area contributed by atoms with Crippen LogP contribution in [0.5, 0.6) is 0 Å². The number of carbonyl (C=O) groups excluding carboxylic acids is 1. The Labute approximate surface area is 182 Å². The molecule has 0 bridgehead atoms. The molecule has 9 nitrogen and oxygen atoms in total. The third kappa shape index (κ3) is 5.37. The minimum absolute atomic E-state index is 0.0952. The average molecular weight is 445 g/mol. The molecule has 10 heteroatoms. The van der Waals surface area contributed by atoms with Gasteiger partial charge in [0.25, 0.3) is 5.56 Å². The zero-order valence-electron chi connectivity index (χ0n) is 18.1. The molecule has 3 rings (SSSR count). The minimum atomic E-state index is -1.14. The number of anilines is 2. The van der Waals surface area contributed by atoms with E-state index >= 15 is 0 Å². The van der Waals surface area contributed by atoms with E-state index in [1.165, 1.54) is 6.20 Å². The first kappa shape index (κ1) is 23.1. The van der Waals surface area contributed by atoms with Crippen LogP contribution < -0.4 is 26.6 Å². The van der Waals surface area contributed by atoms with Gasteiger partial charge in [-0.2, -0.15) is 0 Å². The van der Waals surface area contributed by atoms with Gasteiger partial charge in [-0.25, -0.2) is 10.4 Å². The maximum absolute atomic E-state index is 13.0. The predicted molar refractivity (Wildman–Crippen MR) is 122 cm³/mol. The Hall–Kier alpha value is -2.58. The summed E-state index contributed by atoms with van der Waals surface area (Å²) in [6, 6.07) is 7.61. The molecule has 1 aliphatic heterocycles. The van der Waals surface area contributed by atoms with Crippen molar-refractivity contribution in [3.63, 3.8) is 0 Å². The highest BCUT2D eigenvalue weighted by molar-refractivity contribution is 7.56. The Bertz CT molecular complexity index is 984. The topological polar surface area (TPSA) is 109 Å². The molecule has 0 atom stereocenters. The molecule has 2 heterocycles. The van der Waals surface area contributed by atoms with Crippen molar-refractivity contribution >= 4 is 31.2 Å². The largest absolute Gasteiger partial charge is 0.331 e. The van der Waals surface area contributed by atoms with Gasteiger partial charge in [0.05, 0.1) is 24.8 Å². The first-order valence-electron chi connectivity index (χ1n) is 10.1. The number of benzene rings is 1. The van der Waals surface area contributed by atoms with Gasteiger partial charge in [-0.1, -0.05) is 18.2 Å². The average Bonchev–Trinajstić information content (AvgIpc) is 3.30. The van der Waals surface area contributed by atoms with Crippen LogP contribution in [0.2, 0.25) is 0 Å². The van der Waals surface area contributed by atoms with Gasteiger partial charge in [-0.05, 0) is 45.4 Å². The molecular formula is C21H28N5O4P. The molecule has 0 saturated heterocycles. The molecule has 1 amide bonds. The molecule has 1 aromatic heterocycles. The quantitative estimate of drug-likeness (QED) is 0.509. The number of aromatic nitrogens is 2. The Morgan fingerprint density at radius 3 is 2.45 bits per heavy atom. The van der Waals surface area contributed by atoms with Crippen LogP contribution in [0, 0.1) is 0 Å². The van der Waals surface area contributed by atoms with Crippen LogP contribution in [0.25, 0.3) is 0 Å². The van der Waals surface area contributed by atoms with E-state index in [1.807, 2.05) is 44.2 Å². The molecule has 166 valence electrons. The highest BCUT2D eigenvalue weighted by atomic mass is 31.2. The number of carbonyl (C=O) groups is 1. The standard InChI is InChI=1S/C21H28N5O4P/c1-5-29-31(30-6-2)16-10-8-15(9-11-16)21(3,4)19(28)24-17-14-22-20(25-18(17)27)26-13-7-12-23-26/h7-11,13-14,23H,5-6,12H2,1-4H3,(H,24,28)(H,22,25,27). The van der Waals surface area contributed by atoms with Gasteiger partial charge in [0.15, 0.2) is 0 Å². The number of nitrogens with one attached hydrogen (secondary N) is 3. The zero-order chi connectivity index (χ0) is 22.4. The van der Waals surface area contributed by atoms with E-state index < -0.39 is 19.3 Å². The van der Waals surface area contributed by atoms with Crippen molar-refractivity contribution in [2.75, 3.05) is 30.1 Å². The van der Waals surface area contributed by atoms with Gasteiger partial charge in [-0.15, -0.1) is 0 Å². The third-order valence-electron chi connectivity index (χ3n) is 4.76. The lowest BCUT2D eigenvalue weighted by Crippen LogP contribution is -2.37. The van der Waals surface area contributed by atoms with Crippen LogP contribution >= 0.6 is 8.38 Å². The fraction of sp³-hybridized carbons (Fsp3) is 0.381. The number of H-pyrrole nitrogens is 1. The SMILES string of the molecule is CCOP(OCC)c1ccc(C(C)(C)C(=O)Nc2cnc(N3C=CCN3)[nH]c2=O)cc1. The summed E-state index contributed by atoms with van der Waals surface area (Å²) in [4.78, 5) is 32.3. The lowest BCUT2D eigenvalue weighted by atomic mass is 9.83. The third-order valence-corrected chi connectivity index (χ3v) is 6.46. The van der Waals surface area contributed by atoms with Crippen LogP contribution in [0.3, 0.4) is 0 Å². The van der Waals surface area contributed by atoms with Crippen molar-refractivity contribution in [1.29, 1.82) is 0 Å². The van der Waals surface area contributed by atoms with Gasteiger partial charge in [0.2, 0.25) is 20.2 Å². The van der Waals surface area contributed by atoms with Gasteiger partial charge in [0.1, 0.15) is 5.69 Å². The normalized spacial score (nSPS) is 13.8. The summed E-state index contributed by atoms with van der Waals surface area (Å²) in [7, 11) is -1.14. The van der Waals surface area contributed by atoms with Crippen molar-refractivity contribution in [2.45, 2.75) is 33.1 Å². The van der Waals surface area contributed by atoms with E-state index in [4.69, 9.17) is 9.05 Å². The molecular weight excluding hydrogens is 417 g/mol. The predicted octanol–water partition coefficient (Wildman–Crippen LogP) is 2.53. The first-order valence-corrected chi connectivity index (χ1v) is 11.3. The maximum atomic E-state index is 13.0. The van der Waals surface area contributed by atoms with Crippen LogP contribution in [0.4, 0.5) is 11.6 Å². The van der Waals surface area contributed by atoms with Crippen LogP contribution in [0.1, 0.15) is 33.3 Å². The molecule has 3 N–H and O–H groups in total. The minimum Gasteiger partial charge on any atom is -0.331 e. The van der Waals surface area contributed by atoms with Gasteiger partial charge in [-0.3, -0.25) is 19.6 Å². The molecule has 0 saturated carbocycles. The fourth-order valence-electron chi connectivity index (χ4n) is 2.93. The molecule has 1 aliphatic rings. The highest BCUT2D eigenvalue weighted by Crippen LogP contribution is 2.37. The Kier molecular flexibility index (Phi) is 7.56. The van der Waals surface area contributed by atoms with Crippen LogP contribution in [0.15, 0.2) is 47.5 Å². The number of nitrogens with zero attached hydrogens (tertiary/aromatic N) is 2. The summed E-state index contributed by atoms with van der Waals surface area (Å²) in [6.07, 6.45) is 5.03. The van der Waals surface area contributed by atoms with E-state index in [0.717, 1.165) is 10.9 Å². The van der Waals surface area contributed by atoms with Gasteiger partial charge in [0, 0.05) is 18.0 Å². The number of aromatic amines is 1. The summed E-state index contributed by atoms with van der Waals surface area (Å²) in [5.41, 5.74) is 2.63. The van der Waals surface area contributed by atoms with E-state index in [9.17, 15) is 9.59 Å². The zero-order valence-corrected chi connectivity index (χ0v) is 19.0. The molecule has 1 aromatic carbocycles.